The molecule has 0 bridgehead atoms. The highest BCUT2D eigenvalue weighted by atomic mass is 15.1. The molecule has 0 N–H and O–H groups in total. The lowest BCUT2D eigenvalue weighted by Crippen LogP contribution is -2.05. The molecule has 6 rings (SSSR count). The van der Waals surface area contributed by atoms with E-state index in [9.17, 15) is 0 Å². The fourth-order valence-corrected chi connectivity index (χ4v) is 5.99. The maximum atomic E-state index is 6.33. The molecule has 0 saturated carbocycles. The molecule has 0 amide bonds. The first kappa shape index (κ1) is 29.2. The van der Waals surface area contributed by atoms with Crippen LogP contribution in [0.4, 0.5) is 0 Å². The summed E-state index contributed by atoms with van der Waals surface area (Å²) in [6.45, 7) is 14.1. The van der Waals surface area contributed by atoms with Crippen LogP contribution in [0.2, 0.25) is 0 Å². The summed E-state index contributed by atoms with van der Waals surface area (Å²) in [5.41, 5.74) is 8.61. The third-order valence-electron chi connectivity index (χ3n) is 7.96. The molecule has 0 radical (unpaired) electrons. The Hall–Kier alpha value is -5.92. The molecule has 0 unspecified atom stereocenters. The van der Waals surface area contributed by atoms with Crippen molar-refractivity contribution >= 4 is 43.9 Å². The van der Waals surface area contributed by atoms with Gasteiger partial charge in [0, 0.05) is 45.2 Å². The van der Waals surface area contributed by atoms with Crippen molar-refractivity contribution < 1.29 is 0 Å². The fourth-order valence-electron chi connectivity index (χ4n) is 5.99. The molecule has 6 aromatic rings. The maximum absolute atomic E-state index is 6.33. The van der Waals surface area contributed by atoms with Gasteiger partial charge in [-0.05, 0) is 62.2 Å². The minimum Gasteiger partial charge on any atom is -0.316 e. The Morgan fingerprint density at radius 3 is 2.38 bits per heavy atom. The van der Waals surface area contributed by atoms with Crippen LogP contribution in [-0.2, 0) is 0 Å². The summed E-state index contributed by atoms with van der Waals surface area (Å²) in [5.74, 6) is 4.37. The highest BCUT2D eigenvalue weighted by Crippen LogP contribution is 2.40. The van der Waals surface area contributed by atoms with E-state index in [0.29, 0.717) is 5.82 Å². The summed E-state index contributed by atoms with van der Waals surface area (Å²) < 4.78 is 4.40. The molecule has 0 aliphatic heterocycles. The van der Waals surface area contributed by atoms with Gasteiger partial charge in [-0.15, -0.1) is 6.42 Å². The van der Waals surface area contributed by atoms with Gasteiger partial charge in [-0.2, -0.15) is 0 Å². The second-order valence-corrected chi connectivity index (χ2v) is 10.7. The number of terminal acetylenes is 1. The Balaban J connectivity index is 1.79. The number of aryl methyl sites for hydroxylation is 1. The van der Waals surface area contributed by atoms with Gasteiger partial charge in [-0.25, -0.2) is 9.97 Å². The number of fused-ring (bicyclic) bond motifs is 4. The highest BCUT2D eigenvalue weighted by Gasteiger charge is 2.22. The summed E-state index contributed by atoms with van der Waals surface area (Å²) in [6, 6.07) is 23.1. The molecule has 3 aromatic carbocycles. The lowest BCUT2D eigenvalue weighted by atomic mass is 10.0. The second-order valence-electron chi connectivity index (χ2n) is 10.7. The van der Waals surface area contributed by atoms with Gasteiger partial charge in [0.15, 0.2) is 5.82 Å². The molecule has 0 atom stereocenters. The van der Waals surface area contributed by atoms with Crippen LogP contribution < -0.4 is 0 Å². The van der Waals surface area contributed by atoms with Crippen molar-refractivity contribution in [3.63, 3.8) is 0 Å². The van der Waals surface area contributed by atoms with Gasteiger partial charge < -0.3 is 4.57 Å². The molecular weight excluding hydrogens is 548 g/mol. The Morgan fingerprint density at radius 1 is 0.844 bits per heavy atom. The van der Waals surface area contributed by atoms with E-state index in [4.69, 9.17) is 16.4 Å². The molecule has 0 aliphatic rings. The summed E-state index contributed by atoms with van der Waals surface area (Å²) >= 11 is 0. The Morgan fingerprint density at radius 2 is 1.67 bits per heavy atom. The molecular formula is C41H34N4. The Labute approximate surface area is 264 Å². The minimum absolute atomic E-state index is 0.573. The minimum atomic E-state index is 0.573. The topological polar surface area (TPSA) is 35.6 Å². The van der Waals surface area contributed by atoms with E-state index < -0.39 is 0 Å². The molecule has 0 spiro atoms. The Bertz CT molecular complexity index is 2280. The van der Waals surface area contributed by atoms with Gasteiger partial charge in [0.05, 0.1) is 22.2 Å². The second kappa shape index (κ2) is 12.4. The van der Waals surface area contributed by atoms with Crippen LogP contribution in [0, 0.1) is 19.3 Å². The van der Waals surface area contributed by atoms with E-state index in [2.05, 4.69) is 83.8 Å². The van der Waals surface area contributed by atoms with Crippen molar-refractivity contribution in [2.45, 2.75) is 20.8 Å². The van der Waals surface area contributed by atoms with Crippen LogP contribution in [0.5, 0.6) is 0 Å². The highest BCUT2D eigenvalue weighted by molar-refractivity contribution is 6.18. The largest absolute Gasteiger partial charge is 0.316 e. The van der Waals surface area contributed by atoms with Crippen LogP contribution >= 0.6 is 0 Å². The molecule has 0 aliphatic carbocycles. The predicted octanol–water partition coefficient (Wildman–Crippen LogP) is 10.1. The Kier molecular flexibility index (Phi) is 8.01. The van der Waals surface area contributed by atoms with Gasteiger partial charge in [-0.3, -0.25) is 4.57 Å². The smallest absolute Gasteiger partial charge is 0.162 e. The lowest BCUT2D eigenvalue weighted by molar-refractivity contribution is 1.01. The zero-order valence-corrected chi connectivity index (χ0v) is 25.8. The van der Waals surface area contributed by atoms with E-state index in [1.54, 1.807) is 12.2 Å². The zero-order chi connectivity index (χ0) is 31.5. The number of rotatable bonds is 8. The van der Waals surface area contributed by atoms with Crippen molar-refractivity contribution in [1.29, 1.82) is 0 Å². The SMILES string of the molecule is C#Cc1c2ccn(-c3ccccc3)c2cc2c1c1c(C)cccc1n2-c1cc(C(/C=C\C)=C/C=C)nc(/C(C=C)=C/C=C\C)n1. The third-order valence-corrected chi connectivity index (χ3v) is 7.96. The monoisotopic (exact) mass is 582 g/mol. The van der Waals surface area contributed by atoms with E-state index in [-0.39, 0.29) is 0 Å². The summed E-state index contributed by atoms with van der Waals surface area (Å²) in [6.07, 6.45) is 23.9. The van der Waals surface area contributed by atoms with Crippen LogP contribution in [0.15, 0.2) is 135 Å². The number of aromatic nitrogens is 4. The van der Waals surface area contributed by atoms with Gasteiger partial charge >= 0.3 is 0 Å². The van der Waals surface area contributed by atoms with E-state index in [1.807, 2.05) is 74.6 Å². The molecule has 0 fully saturated rings. The van der Waals surface area contributed by atoms with Crippen molar-refractivity contribution in [2.75, 3.05) is 0 Å². The van der Waals surface area contributed by atoms with Crippen molar-refractivity contribution in [2.24, 2.45) is 0 Å². The number of para-hydroxylation sites is 1. The fraction of sp³-hybridized carbons (Fsp3) is 0.0732. The van der Waals surface area contributed by atoms with E-state index >= 15 is 0 Å². The summed E-state index contributed by atoms with van der Waals surface area (Å²) in [7, 11) is 0. The van der Waals surface area contributed by atoms with Crippen molar-refractivity contribution in [3.05, 3.63) is 157 Å². The van der Waals surface area contributed by atoms with Crippen molar-refractivity contribution in [1.82, 2.24) is 19.1 Å². The normalized spacial score (nSPS) is 12.6. The van der Waals surface area contributed by atoms with Crippen molar-refractivity contribution in [3.8, 4) is 23.8 Å². The first-order valence-corrected chi connectivity index (χ1v) is 14.9. The number of allylic oxidation sites excluding steroid dienone is 10. The van der Waals surface area contributed by atoms with Crippen LogP contribution in [0.25, 0.3) is 55.4 Å². The number of nitrogens with zero attached hydrogens (tertiary/aromatic N) is 4. The summed E-state index contributed by atoms with van der Waals surface area (Å²) in [5, 5.41) is 3.18. The number of benzene rings is 3. The first-order valence-electron chi connectivity index (χ1n) is 14.9. The van der Waals surface area contributed by atoms with Crippen LogP contribution in [0.1, 0.15) is 36.5 Å². The van der Waals surface area contributed by atoms with E-state index in [1.165, 1.54) is 0 Å². The van der Waals surface area contributed by atoms with Crippen LogP contribution in [-0.4, -0.2) is 19.1 Å². The van der Waals surface area contributed by atoms with Gasteiger partial charge in [0.25, 0.3) is 0 Å². The average molecular weight is 583 g/mol. The summed E-state index contributed by atoms with van der Waals surface area (Å²) in [4.78, 5) is 10.2. The lowest BCUT2D eigenvalue weighted by Gasteiger charge is -2.13. The molecule has 0 saturated heterocycles. The molecule has 4 nitrogen and oxygen atoms in total. The van der Waals surface area contributed by atoms with Gasteiger partial charge in [-0.1, -0.05) is 98.0 Å². The molecule has 3 aromatic heterocycles. The maximum Gasteiger partial charge on any atom is 0.162 e. The van der Waals surface area contributed by atoms with Gasteiger partial charge in [0.1, 0.15) is 5.82 Å². The quantitative estimate of drug-likeness (QED) is 0.132. The first-order chi connectivity index (χ1) is 22.0. The molecule has 3 heterocycles. The number of hydrogen-bond acceptors (Lipinski definition) is 2. The molecule has 218 valence electrons. The standard InChI is InChI=1S/C41H34N4/c1-7-12-20-29(10-4)41-42-34(30(17-8-2)18-9-3)26-38(43-41)45-35-23-16-19-28(6)39(35)40-32(11-5)33-24-25-44(36(33)27-37(40)45)31-21-14-13-15-22-31/h5,7-10,12-27H,2,4H2,1,3,6H3/b12-7-,18-9-,29-20+,30-17+. The van der Waals surface area contributed by atoms with E-state index in [0.717, 1.165) is 72.2 Å². The molecule has 4 heteroatoms. The number of hydrogen-bond donors (Lipinski definition) is 0. The average Bonchev–Trinajstić information content (AvgIpc) is 3.64. The zero-order valence-electron chi connectivity index (χ0n) is 25.8. The molecule has 45 heavy (non-hydrogen) atoms. The third kappa shape index (κ3) is 5.05. The predicted molar refractivity (Wildman–Crippen MR) is 192 cm³/mol. The van der Waals surface area contributed by atoms with Gasteiger partial charge in [0.2, 0.25) is 0 Å². The van der Waals surface area contributed by atoms with Crippen LogP contribution in [0.3, 0.4) is 0 Å².